The van der Waals surface area contributed by atoms with Crippen LogP contribution < -0.4 is 0 Å². The maximum Gasteiger partial charge on any atom is 0.407 e. The number of carbonyl (C=O) groups is 2. The number of carboxylic acid groups (broad SMARTS) is 1. The average Bonchev–Trinajstić information content (AvgIpc) is 2.50. The van der Waals surface area contributed by atoms with Crippen molar-refractivity contribution in [2.24, 2.45) is 5.41 Å². The van der Waals surface area contributed by atoms with Crippen molar-refractivity contribution in [1.82, 2.24) is 4.90 Å². The summed E-state index contributed by atoms with van der Waals surface area (Å²) in [5, 5.41) is 18.8. The summed E-state index contributed by atoms with van der Waals surface area (Å²) in [5.41, 5.74) is -2.13. The van der Waals surface area contributed by atoms with E-state index < -0.39 is 17.1 Å². The predicted octanol–water partition coefficient (Wildman–Crippen LogP) is 0.326. The van der Waals surface area contributed by atoms with Gasteiger partial charge in [-0.25, -0.2) is 4.79 Å². The topological polar surface area (TPSA) is 77.8 Å². The molecule has 0 aromatic carbocycles. The monoisotopic (exact) mass is 201 g/mol. The van der Waals surface area contributed by atoms with Crippen molar-refractivity contribution in [1.29, 1.82) is 0 Å². The molecule has 0 radical (unpaired) electrons. The van der Waals surface area contributed by atoms with Crippen LogP contribution in [-0.2, 0) is 4.79 Å². The predicted molar refractivity (Wildman–Crippen MR) is 49.0 cm³/mol. The molecule has 0 spiro atoms. The SMILES string of the molecule is CC(C)(C=O)C1(O)CCN(C(=O)O)C1. The van der Waals surface area contributed by atoms with Crippen LogP contribution in [0.1, 0.15) is 20.3 Å². The van der Waals surface area contributed by atoms with E-state index in [4.69, 9.17) is 5.11 Å². The third kappa shape index (κ3) is 1.59. The molecule has 1 amide bonds. The maximum absolute atomic E-state index is 10.8. The van der Waals surface area contributed by atoms with E-state index in [1.165, 1.54) is 0 Å². The Morgan fingerprint density at radius 3 is 2.50 bits per heavy atom. The summed E-state index contributed by atoms with van der Waals surface area (Å²) in [7, 11) is 0. The lowest BCUT2D eigenvalue weighted by Gasteiger charge is -2.34. The van der Waals surface area contributed by atoms with Gasteiger partial charge >= 0.3 is 6.09 Å². The normalized spacial score (nSPS) is 27.8. The van der Waals surface area contributed by atoms with Crippen LogP contribution >= 0.6 is 0 Å². The van der Waals surface area contributed by atoms with Crippen LogP contribution in [-0.4, -0.2) is 46.2 Å². The first-order valence-corrected chi connectivity index (χ1v) is 4.49. The van der Waals surface area contributed by atoms with E-state index in [2.05, 4.69) is 0 Å². The molecule has 1 heterocycles. The van der Waals surface area contributed by atoms with Crippen LogP contribution in [0.5, 0.6) is 0 Å². The van der Waals surface area contributed by atoms with Crippen molar-refractivity contribution in [3.8, 4) is 0 Å². The van der Waals surface area contributed by atoms with E-state index in [0.717, 1.165) is 4.90 Å². The van der Waals surface area contributed by atoms with Gasteiger partial charge in [0.05, 0.1) is 17.6 Å². The number of β-amino-alcohol motifs (C(OH)–C–C–N with tert-alkyl or cyclic N) is 1. The fourth-order valence-electron chi connectivity index (χ4n) is 1.59. The number of nitrogens with zero attached hydrogens (tertiary/aromatic N) is 1. The quantitative estimate of drug-likeness (QED) is 0.631. The van der Waals surface area contributed by atoms with Crippen molar-refractivity contribution >= 4 is 12.4 Å². The molecule has 0 bridgehead atoms. The second-order valence-corrected chi connectivity index (χ2v) is 4.33. The first-order valence-electron chi connectivity index (χ1n) is 4.49. The molecule has 1 aliphatic heterocycles. The lowest BCUT2D eigenvalue weighted by molar-refractivity contribution is -0.129. The Kier molecular flexibility index (Phi) is 2.54. The van der Waals surface area contributed by atoms with Crippen molar-refractivity contribution in [2.45, 2.75) is 25.9 Å². The molecule has 1 rings (SSSR count). The number of amides is 1. The van der Waals surface area contributed by atoms with Gasteiger partial charge in [0.2, 0.25) is 0 Å². The van der Waals surface area contributed by atoms with Crippen molar-refractivity contribution in [3.05, 3.63) is 0 Å². The van der Waals surface area contributed by atoms with E-state index in [0.29, 0.717) is 12.7 Å². The summed E-state index contributed by atoms with van der Waals surface area (Å²) >= 11 is 0. The fourth-order valence-corrected chi connectivity index (χ4v) is 1.59. The highest BCUT2D eigenvalue weighted by Crippen LogP contribution is 2.36. The summed E-state index contributed by atoms with van der Waals surface area (Å²) < 4.78 is 0. The summed E-state index contributed by atoms with van der Waals surface area (Å²) in [6.07, 6.45) is -0.0637. The van der Waals surface area contributed by atoms with Crippen LogP contribution in [0.4, 0.5) is 4.79 Å². The van der Waals surface area contributed by atoms with E-state index in [9.17, 15) is 14.7 Å². The van der Waals surface area contributed by atoms with Gasteiger partial charge in [-0.3, -0.25) is 0 Å². The van der Waals surface area contributed by atoms with Gasteiger partial charge in [-0.2, -0.15) is 0 Å². The zero-order valence-corrected chi connectivity index (χ0v) is 8.36. The van der Waals surface area contributed by atoms with Crippen molar-refractivity contribution in [2.75, 3.05) is 13.1 Å². The van der Waals surface area contributed by atoms with Gasteiger partial charge < -0.3 is 19.9 Å². The molecule has 1 unspecified atom stereocenters. The smallest absolute Gasteiger partial charge is 0.407 e. The van der Waals surface area contributed by atoms with Crippen molar-refractivity contribution < 1.29 is 19.8 Å². The molecule has 1 atom stereocenters. The van der Waals surface area contributed by atoms with Crippen molar-refractivity contribution in [3.63, 3.8) is 0 Å². The number of hydrogen-bond acceptors (Lipinski definition) is 3. The number of likely N-dealkylation sites (tertiary alicyclic amines) is 1. The zero-order valence-electron chi connectivity index (χ0n) is 8.36. The summed E-state index contributed by atoms with van der Waals surface area (Å²) in [4.78, 5) is 22.5. The fraction of sp³-hybridized carbons (Fsp3) is 0.778. The number of carbonyl (C=O) groups excluding carboxylic acids is 1. The number of aldehydes is 1. The van der Waals surface area contributed by atoms with E-state index in [-0.39, 0.29) is 13.1 Å². The lowest BCUT2D eigenvalue weighted by atomic mass is 9.75. The molecule has 80 valence electrons. The molecule has 2 N–H and O–H groups in total. The highest BCUT2D eigenvalue weighted by atomic mass is 16.4. The van der Waals surface area contributed by atoms with Gasteiger partial charge in [0.15, 0.2) is 0 Å². The Labute approximate surface area is 82.3 Å². The van der Waals surface area contributed by atoms with Gasteiger partial charge in [0.25, 0.3) is 0 Å². The van der Waals surface area contributed by atoms with E-state index >= 15 is 0 Å². The van der Waals surface area contributed by atoms with Crippen LogP contribution in [0.3, 0.4) is 0 Å². The highest BCUT2D eigenvalue weighted by Gasteiger charge is 2.49. The molecule has 5 nitrogen and oxygen atoms in total. The van der Waals surface area contributed by atoms with E-state index in [1.54, 1.807) is 13.8 Å². The van der Waals surface area contributed by atoms with Gasteiger partial charge in [0, 0.05) is 6.54 Å². The Bertz CT molecular complexity index is 264. The van der Waals surface area contributed by atoms with Crippen LogP contribution in [0.2, 0.25) is 0 Å². The molecule has 14 heavy (non-hydrogen) atoms. The number of rotatable bonds is 2. The van der Waals surface area contributed by atoms with Crippen LogP contribution in [0, 0.1) is 5.41 Å². The Morgan fingerprint density at radius 2 is 2.14 bits per heavy atom. The molecule has 0 aromatic heterocycles. The Balaban J connectivity index is 2.81. The minimum absolute atomic E-state index is 0.00801. The lowest BCUT2D eigenvalue weighted by Crippen LogP contribution is -2.48. The molecular weight excluding hydrogens is 186 g/mol. The van der Waals surface area contributed by atoms with Crippen LogP contribution in [0.25, 0.3) is 0 Å². The Hall–Kier alpha value is -1.10. The van der Waals surface area contributed by atoms with Gasteiger partial charge in [-0.15, -0.1) is 0 Å². The number of aliphatic hydroxyl groups is 1. The highest BCUT2D eigenvalue weighted by molar-refractivity contribution is 5.67. The molecule has 1 aliphatic rings. The molecule has 1 saturated heterocycles. The van der Waals surface area contributed by atoms with Gasteiger partial charge in [-0.1, -0.05) is 13.8 Å². The first kappa shape index (κ1) is 11.0. The molecule has 1 fully saturated rings. The minimum Gasteiger partial charge on any atom is -0.465 e. The number of hydrogen-bond donors (Lipinski definition) is 2. The largest absolute Gasteiger partial charge is 0.465 e. The molecule has 0 aliphatic carbocycles. The molecule has 0 aromatic rings. The maximum atomic E-state index is 10.8. The van der Waals surface area contributed by atoms with Gasteiger partial charge in [0.1, 0.15) is 6.29 Å². The third-order valence-electron chi connectivity index (χ3n) is 3.01. The van der Waals surface area contributed by atoms with E-state index in [1.807, 2.05) is 0 Å². The molecular formula is C9H15NO4. The minimum atomic E-state index is -1.23. The first-order chi connectivity index (χ1) is 6.32. The summed E-state index contributed by atoms with van der Waals surface area (Å²) in [6, 6.07) is 0. The molecule has 5 heteroatoms. The average molecular weight is 201 g/mol. The summed E-state index contributed by atoms with van der Waals surface area (Å²) in [5.74, 6) is 0. The third-order valence-corrected chi connectivity index (χ3v) is 3.01. The second-order valence-electron chi connectivity index (χ2n) is 4.33. The van der Waals surface area contributed by atoms with Gasteiger partial charge in [-0.05, 0) is 6.42 Å². The zero-order chi connectivity index (χ0) is 11.0. The molecule has 0 saturated carbocycles. The Morgan fingerprint density at radius 1 is 1.57 bits per heavy atom. The van der Waals surface area contributed by atoms with Crippen LogP contribution in [0.15, 0.2) is 0 Å². The second kappa shape index (κ2) is 3.24. The standard InChI is InChI=1S/C9H15NO4/c1-8(2,6-11)9(14)3-4-10(5-9)7(12)13/h6,14H,3-5H2,1-2H3,(H,12,13). The summed E-state index contributed by atoms with van der Waals surface area (Å²) in [6.45, 7) is 3.52.